The van der Waals surface area contributed by atoms with Crippen molar-refractivity contribution in [3.8, 4) is 0 Å². The Morgan fingerprint density at radius 1 is 1.12 bits per heavy atom. The molecule has 0 amide bonds. The van der Waals surface area contributed by atoms with Crippen LogP contribution >= 0.6 is 0 Å². The molecule has 1 aromatic carbocycles. The maximum atomic E-state index is 11.9. The Labute approximate surface area is 111 Å². The normalized spacial score (nSPS) is 11.6. The molecule has 0 aliphatic rings. The van der Waals surface area contributed by atoms with Crippen LogP contribution in [0.3, 0.4) is 0 Å². The first-order valence-electron chi connectivity index (χ1n) is 5.74. The van der Waals surface area contributed by atoms with Gasteiger partial charge in [-0.05, 0) is 18.4 Å². The third-order valence-corrected chi connectivity index (χ3v) is 2.57. The second-order valence-electron chi connectivity index (χ2n) is 3.72. The van der Waals surface area contributed by atoms with Gasteiger partial charge in [0.05, 0.1) is 0 Å². The van der Waals surface area contributed by atoms with Crippen LogP contribution in [0.1, 0.15) is 45.1 Å². The number of allylic oxidation sites excluding steroid dienone is 2. The van der Waals surface area contributed by atoms with Crippen LogP contribution in [0.25, 0.3) is 5.57 Å². The van der Waals surface area contributed by atoms with Gasteiger partial charge in [-0.15, -0.1) is 5.76 Å². The first kappa shape index (κ1) is 15.4. The molecule has 0 aliphatic heterocycles. The summed E-state index contributed by atoms with van der Waals surface area (Å²) < 4.78 is 0. The van der Waals surface area contributed by atoms with Gasteiger partial charge in [0.1, 0.15) is 0 Å². The van der Waals surface area contributed by atoms with Crippen molar-refractivity contribution in [3.05, 3.63) is 41.7 Å². The molecule has 16 heavy (non-hydrogen) atoms. The molecule has 0 N–H and O–H groups in total. The first-order chi connectivity index (χ1) is 7.29. The molecule has 0 unspecified atom stereocenters. The van der Waals surface area contributed by atoms with Crippen LogP contribution in [0, 0.1) is 0 Å². The zero-order chi connectivity index (χ0) is 11.1. The van der Waals surface area contributed by atoms with Crippen LogP contribution in [-0.2, 0) is 0 Å². The largest absolute Gasteiger partial charge is 1.00 e. The molecule has 2 heteroatoms. The van der Waals surface area contributed by atoms with Crippen LogP contribution < -0.4 is 24.0 Å². The molecule has 0 saturated heterocycles. The molecule has 0 bridgehead atoms. The van der Waals surface area contributed by atoms with Gasteiger partial charge in [0.15, 0.2) is 0 Å². The molecule has 0 fully saturated rings. The number of hydrogen-bond acceptors (Lipinski definition) is 1. The molecule has 0 spiro atoms. The molecule has 0 aromatic heterocycles. The smallest absolute Gasteiger partial charge is 0.875 e. The third-order valence-electron chi connectivity index (χ3n) is 2.57. The Hall–Kier alpha value is -0.643. The standard InChI is InChI=1S/C14H20O.Li/c1-3-5-11-14(15)13(4-2)12-9-7-6-8-10-12;/h6-10,15H,3-5,11H2,1-2H3;/q;+1/p-1/b14-13-;. The molecule has 82 valence electrons. The zero-order valence-corrected chi connectivity index (χ0v) is 10.6. The fourth-order valence-electron chi connectivity index (χ4n) is 1.69. The molecular formula is C14H19LiO. The van der Waals surface area contributed by atoms with Gasteiger partial charge < -0.3 is 5.11 Å². The van der Waals surface area contributed by atoms with E-state index in [1.807, 2.05) is 37.3 Å². The van der Waals surface area contributed by atoms with Gasteiger partial charge in [0.2, 0.25) is 0 Å². The van der Waals surface area contributed by atoms with Gasteiger partial charge in [-0.1, -0.05) is 62.6 Å². The summed E-state index contributed by atoms with van der Waals surface area (Å²) in [4.78, 5) is 0. The third kappa shape index (κ3) is 4.47. The summed E-state index contributed by atoms with van der Waals surface area (Å²) in [7, 11) is 0. The van der Waals surface area contributed by atoms with Crippen LogP contribution in [0.5, 0.6) is 0 Å². The van der Waals surface area contributed by atoms with E-state index in [1.165, 1.54) is 0 Å². The molecule has 0 atom stereocenters. The molecule has 1 rings (SSSR count). The van der Waals surface area contributed by atoms with E-state index in [4.69, 9.17) is 0 Å². The van der Waals surface area contributed by atoms with Crippen molar-refractivity contribution in [2.24, 2.45) is 0 Å². The number of rotatable bonds is 5. The molecule has 0 aliphatic carbocycles. The summed E-state index contributed by atoms with van der Waals surface area (Å²) in [6, 6.07) is 9.98. The molecule has 1 aromatic rings. The monoisotopic (exact) mass is 210 g/mol. The second kappa shape index (κ2) is 8.50. The summed E-state index contributed by atoms with van der Waals surface area (Å²) in [6.07, 6.45) is 3.59. The van der Waals surface area contributed by atoms with E-state index in [0.717, 1.165) is 30.4 Å². The summed E-state index contributed by atoms with van der Waals surface area (Å²) >= 11 is 0. The van der Waals surface area contributed by atoms with E-state index in [2.05, 4.69) is 6.92 Å². The Morgan fingerprint density at radius 2 is 1.75 bits per heavy atom. The fourth-order valence-corrected chi connectivity index (χ4v) is 1.69. The van der Waals surface area contributed by atoms with Crippen molar-refractivity contribution in [2.45, 2.75) is 39.5 Å². The number of benzene rings is 1. The van der Waals surface area contributed by atoms with Gasteiger partial charge in [0.25, 0.3) is 0 Å². The fraction of sp³-hybridized carbons (Fsp3) is 0.429. The predicted molar refractivity (Wildman–Crippen MR) is 63.2 cm³/mol. The summed E-state index contributed by atoms with van der Waals surface area (Å²) in [5.74, 6) is 0.311. The van der Waals surface area contributed by atoms with Gasteiger partial charge >= 0.3 is 18.9 Å². The average Bonchev–Trinajstić information content (AvgIpc) is 2.29. The first-order valence-corrected chi connectivity index (χ1v) is 5.74. The molecule has 0 radical (unpaired) electrons. The Morgan fingerprint density at radius 3 is 2.25 bits per heavy atom. The van der Waals surface area contributed by atoms with Crippen molar-refractivity contribution in [1.29, 1.82) is 0 Å². The summed E-state index contributed by atoms with van der Waals surface area (Å²) in [5.41, 5.74) is 2.06. The quantitative estimate of drug-likeness (QED) is 0.508. The minimum absolute atomic E-state index is 0. The zero-order valence-electron chi connectivity index (χ0n) is 10.6. The van der Waals surface area contributed by atoms with Crippen molar-refractivity contribution < 1.29 is 24.0 Å². The van der Waals surface area contributed by atoms with Gasteiger partial charge in [-0.3, -0.25) is 0 Å². The minimum atomic E-state index is 0. The topological polar surface area (TPSA) is 23.1 Å². The molecule has 1 nitrogen and oxygen atoms in total. The van der Waals surface area contributed by atoms with Crippen molar-refractivity contribution in [3.63, 3.8) is 0 Å². The minimum Gasteiger partial charge on any atom is -0.875 e. The molecule has 0 heterocycles. The maximum absolute atomic E-state index is 11.9. The summed E-state index contributed by atoms with van der Waals surface area (Å²) in [5, 5.41) is 11.9. The maximum Gasteiger partial charge on any atom is 1.00 e. The van der Waals surface area contributed by atoms with E-state index in [0.29, 0.717) is 12.2 Å². The Kier molecular flexibility index (Phi) is 8.16. The van der Waals surface area contributed by atoms with Crippen LogP contribution in [0.2, 0.25) is 0 Å². The predicted octanol–water partition coefficient (Wildman–Crippen LogP) is 0.362. The van der Waals surface area contributed by atoms with E-state index < -0.39 is 0 Å². The number of hydrogen-bond donors (Lipinski definition) is 0. The van der Waals surface area contributed by atoms with E-state index >= 15 is 0 Å². The second-order valence-corrected chi connectivity index (χ2v) is 3.72. The van der Waals surface area contributed by atoms with Crippen LogP contribution in [0.4, 0.5) is 0 Å². The summed E-state index contributed by atoms with van der Waals surface area (Å²) in [6.45, 7) is 4.16. The Bertz CT molecular complexity index is 317. The molecule has 0 saturated carbocycles. The van der Waals surface area contributed by atoms with E-state index in [-0.39, 0.29) is 18.9 Å². The van der Waals surface area contributed by atoms with E-state index in [9.17, 15) is 5.11 Å². The van der Waals surface area contributed by atoms with E-state index in [1.54, 1.807) is 0 Å². The molecular weight excluding hydrogens is 191 g/mol. The van der Waals surface area contributed by atoms with Crippen molar-refractivity contribution in [1.82, 2.24) is 0 Å². The number of unbranched alkanes of at least 4 members (excludes halogenated alkanes) is 1. The van der Waals surface area contributed by atoms with Crippen molar-refractivity contribution in [2.75, 3.05) is 0 Å². The van der Waals surface area contributed by atoms with Crippen LogP contribution in [0.15, 0.2) is 36.1 Å². The Balaban J connectivity index is 0.00000225. The van der Waals surface area contributed by atoms with Crippen molar-refractivity contribution >= 4 is 5.57 Å². The SMILES string of the molecule is CCCC/C([O-])=C(\CC)c1ccccc1.[Li+]. The van der Waals surface area contributed by atoms with Gasteiger partial charge in [-0.2, -0.15) is 0 Å². The van der Waals surface area contributed by atoms with Gasteiger partial charge in [0, 0.05) is 0 Å². The van der Waals surface area contributed by atoms with Crippen LogP contribution in [-0.4, -0.2) is 0 Å². The van der Waals surface area contributed by atoms with Gasteiger partial charge in [-0.25, -0.2) is 0 Å². The average molecular weight is 210 g/mol.